The molecule has 2 rings (SSSR count). The first-order chi connectivity index (χ1) is 12.8. The van der Waals surface area contributed by atoms with E-state index in [1.807, 2.05) is 60.7 Å². The fourth-order valence-corrected chi connectivity index (χ4v) is 2.43. The third-order valence-corrected chi connectivity index (χ3v) is 3.61. The van der Waals surface area contributed by atoms with Crippen LogP contribution in [0.3, 0.4) is 0 Å². The van der Waals surface area contributed by atoms with Gasteiger partial charge in [-0.25, -0.2) is 4.79 Å². The summed E-state index contributed by atoms with van der Waals surface area (Å²) in [5, 5.41) is 2.64. The van der Waals surface area contributed by atoms with Crippen molar-refractivity contribution in [2.24, 2.45) is 4.99 Å². The molecular formula is C22H26N2O3. The Balaban J connectivity index is 2.10. The van der Waals surface area contributed by atoms with Crippen LogP contribution in [-0.2, 0) is 14.3 Å². The second-order valence-electron chi connectivity index (χ2n) is 7.22. The van der Waals surface area contributed by atoms with Crippen LogP contribution in [0.5, 0.6) is 0 Å². The smallest absolute Gasteiger partial charge is 0.328 e. The van der Waals surface area contributed by atoms with E-state index in [2.05, 4.69) is 10.3 Å². The summed E-state index contributed by atoms with van der Waals surface area (Å²) < 4.78 is 5.28. The van der Waals surface area contributed by atoms with Gasteiger partial charge in [-0.05, 0) is 27.7 Å². The standard InChI is InChI=1S/C22H26N2O3/c1-16(21(26)27-22(2,3)4)24-19(25)15-23-20(17-11-7-5-8-12-17)18-13-9-6-10-14-18/h5-14,16H,15H2,1-4H3,(H,24,25)/t16-/m0/s1. The molecule has 1 atom stereocenters. The highest BCUT2D eigenvalue weighted by Crippen LogP contribution is 2.11. The van der Waals surface area contributed by atoms with E-state index in [9.17, 15) is 9.59 Å². The molecule has 0 aliphatic heterocycles. The number of rotatable bonds is 6. The molecule has 142 valence electrons. The number of carbonyl (C=O) groups is 2. The summed E-state index contributed by atoms with van der Waals surface area (Å²) in [5.74, 6) is -0.802. The predicted molar refractivity (Wildman–Crippen MR) is 107 cm³/mol. The molecule has 27 heavy (non-hydrogen) atoms. The Labute approximate surface area is 160 Å². The summed E-state index contributed by atoms with van der Waals surface area (Å²) >= 11 is 0. The zero-order chi connectivity index (χ0) is 19.9. The van der Waals surface area contributed by atoms with Crippen molar-refractivity contribution in [2.75, 3.05) is 6.54 Å². The zero-order valence-corrected chi connectivity index (χ0v) is 16.2. The Bertz CT molecular complexity index is 752. The van der Waals surface area contributed by atoms with E-state index in [1.165, 1.54) is 0 Å². The van der Waals surface area contributed by atoms with E-state index in [1.54, 1.807) is 27.7 Å². The minimum absolute atomic E-state index is 0.0771. The van der Waals surface area contributed by atoms with Crippen molar-refractivity contribution in [2.45, 2.75) is 39.3 Å². The van der Waals surface area contributed by atoms with Crippen LogP contribution in [0.4, 0.5) is 0 Å². The average Bonchev–Trinajstić information content (AvgIpc) is 2.62. The van der Waals surface area contributed by atoms with Crippen LogP contribution in [-0.4, -0.2) is 35.8 Å². The number of amides is 1. The van der Waals surface area contributed by atoms with E-state index >= 15 is 0 Å². The molecule has 1 N–H and O–H groups in total. The molecule has 0 aliphatic carbocycles. The molecule has 0 saturated heterocycles. The number of hydrogen-bond donors (Lipinski definition) is 1. The molecule has 0 aromatic heterocycles. The lowest BCUT2D eigenvalue weighted by molar-refractivity contribution is -0.158. The molecule has 2 aromatic carbocycles. The average molecular weight is 366 g/mol. The Kier molecular flexibility index (Phi) is 6.88. The topological polar surface area (TPSA) is 67.8 Å². The minimum atomic E-state index is -0.733. The van der Waals surface area contributed by atoms with Crippen LogP contribution in [0.2, 0.25) is 0 Å². The zero-order valence-electron chi connectivity index (χ0n) is 16.2. The van der Waals surface area contributed by atoms with Crippen molar-refractivity contribution in [1.29, 1.82) is 0 Å². The number of nitrogens with one attached hydrogen (secondary N) is 1. The van der Waals surface area contributed by atoms with Gasteiger partial charge in [0.25, 0.3) is 0 Å². The highest BCUT2D eigenvalue weighted by atomic mass is 16.6. The molecular weight excluding hydrogens is 340 g/mol. The van der Waals surface area contributed by atoms with Crippen LogP contribution >= 0.6 is 0 Å². The van der Waals surface area contributed by atoms with Crippen LogP contribution in [0.25, 0.3) is 0 Å². The number of carbonyl (C=O) groups excluding carboxylic acids is 2. The Hall–Kier alpha value is -2.95. The third-order valence-electron chi connectivity index (χ3n) is 3.61. The summed E-state index contributed by atoms with van der Waals surface area (Å²) in [6.45, 7) is 6.89. The maximum Gasteiger partial charge on any atom is 0.328 e. The summed E-state index contributed by atoms with van der Waals surface area (Å²) in [6.07, 6.45) is 0. The van der Waals surface area contributed by atoms with Gasteiger partial charge in [-0.3, -0.25) is 9.79 Å². The molecule has 1 amide bonds. The largest absolute Gasteiger partial charge is 0.458 e. The Morgan fingerprint density at radius 2 is 1.44 bits per heavy atom. The van der Waals surface area contributed by atoms with Crippen LogP contribution in [0.1, 0.15) is 38.8 Å². The highest BCUT2D eigenvalue weighted by molar-refractivity contribution is 6.13. The van der Waals surface area contributed by atoms with E-state index < -0.39 is 17.6 Å². The van der Waals surface area contributed by atoms with Gasteiger partial charge in [0.2, 0.25) is 5.91 Å². The lowest BCUT2D eigenvalue weighted by Gasteiger charge is -2.22. The summed E-state index contributed by atoms with van der Waals surface area (Å²) in [6, 6.07) is 18.7. The fraction of sp³-hybridized carbons (Fsp3) is 0.318. The lowest BCUT2D eigenvalue weighted by Crippen LogP contribution is -2.43. The van der Waals surface area contributed by atoms with Crippen LogP contribution in [0.15, 0.2) is 65.7 Å². The molecule has 0 aliphatic rings. The third kappa shape index (κ3) is 6.70. The fourth-order valence-electron chi connectivity index (χ4n) is 2.43. The summed E-state index contributed by atoms with van der Waals surface area (Å²) in [5.41, 5.74) is 1.99. The minimum Gasteiger partial charge on any atom is -0.458 e. The van der Waals surface area contributed by atoms with E-state index in [0.29, 0.717) is 0 Å². The first-order valence-electron chi connectivity index (χ1n) is 8.94. The number of esters is 1. The maximum absolute atomic E-state index is 12.3. The van der Waals surface area contributed by atoms with E-state index in [-0.39, 0.29) is 12.5 Å². The van der Waals surface area contributed by atoms with Gasteiger partial charge in [0.05, 0.1) is 5.71 Å². The highest BCUT2D eigenvalue weighted by Gasteiger charge is 2.22. The first-order valence-corrected chi connectivity index (χ1v) is 8.94. The van der Waals surface area contributed by atoms with Gasteiger partial charge in [0.15, 0.2) is 0 Å². The maximum atomic E-state index is 12.3. The van der Waals surface area contributed by atoms with Crippen molar-refractivity contribution < 1.29 is 14.3 Å². The number of nitrogens with zero attached hydrogens (tertiary/aromatic N) is 1. The quantitative estimate of drug-likeness (QED) is 0.629. The second kappa shape index (κ2) is 9.12. The molecule has 0 spiro atoms. The van der Waals surface area contributed by atoms with Crippen molar-refractivity contribution in [3.05, 3.63) is 71.8 Å². The molecule has 0 bridgehead atoms. The normalized spacial score (nSPS) is 12.0. The van der Waals surface area contributed by atoms with Gasteiger partial charge in [0, 0.05) is 11.1 Å². The molecule has 5 nitrogen and oxygen atoms in total. The number of aliphatic imine (C=N–C) groups is 1. The second-order valence-corrected chi connectivity index (χ2v) is 7.22. The Morgan fingerprint density at radius 1 is 0.963 bits per heavy atom. The molecule has 2 aromatic rings. The molecule has 5 heteroatoms. The van der Waals surface area contributed by atoms with Gasteiger partial charge >= 0.3 is 5.97 Å². The van der Waals surface area contributed by atoms with E-state index in [0.717, 1.165) is 16.8 Å². The molecule has 0 radical (unpaired) electrons. The van der Waals surface area contributed by atoms with Crippen LogP contribution < -0.4 is 5.32 Å². The number of hydrogen-bond acceptors (Lipinski definition) is 4. The monoisotopic (exact) mass is 366 g/mol. The SMILES string of the molecule is C[C@H](NC(=O)CN=C(c1ccccc1)c1ccccc1)C(=O)OC(C)(C)C. The predicted octanol–water partition coefficient (Wildman–Crippen LogP) is 3.37. The molecule has 0 fully saturated rings. The number of ether oxygens (including phenoxy) is 1. The lowest BCUT2D eigenvalue weighted by atomic mass is 10.0. The van der Waals surface area contributed by atoms with Gasteiger partial charge in [-0.2, -0.15) is 0 Å². The van der Waals surface area contributed by atoms with Crippen molar-refractivity contribution in [3.63, 3.8) is 0 Å². The molecule has 0 heterocycles. The van der Waals surface area contributed by atoms with Crippen LogP contribution in [0, 0.1) is 0 Å². The van der Waals surface area contributed by atoms with Gasteiger partial charge in [0.1, 0.15) is 18.2 Å². The molecule has 0 saturated carbocycles. The van der Waals surface area contributed by atoms with Gasteiger partial charge in [-0.15, -0.1) is 0 Å². The summed E-state index contributed by atoms with van der Waals surface area (Å²) in [7, 11) is 0. The van der Waals surface area contributed by atoms with Gasteiger partial charge < -0.3 is 10.1 Å². The summed E-state index contributed by atoms with van der Waals surface area (Å²) in [4.78, 5) is 28.8. The molecule has 0 unspecified atom stereocenters. The van der Waals surface area contributed by atoms with Crippen molar-refractivity contribution in [3.8, 4) is 0 Å². The first kappa shape index (κ1) is 20.4. The van der Waals surface area contributed by atoms with Crippen molar-refractivity contribution in [1.82, 2.24) is 5.32 Å². The number of benzene rings is 2. The van der Waals surface area contributed by atoms with Gasteiger partial charge in [-0.1, -0.05) is 60.7 Å². The van der Waals surface area contributed by atoms with Crippen molar-refractivity contribution >= 4 is 17.6 Å². The van der Waals surface area contributed by atoms with E-state index in [4.69, 9.17) is 4.74 Å². The Morgan fingerprint density at radius 3 is 1.89 bits per heavy atom.